The maximum atomic E-state index is 6.32. The molecule has 3 rings (SSSR count). The molecule has 2 atom stereocenters. The molecule has 2 N–H and O–H groups in total. The Kier molecular flexibility index (Phi) is 2.65. The van der Waals surface area contributed by atoms with E-state index in [1.54, 1.807) is 0 Å². The molecule has 1 aliphatic carbocycles. The number of nitrogens with two attached hydrogens (primary N) is 1. The van der Waals surface area contributed by atoms with E-state index in [-0.39, 0.29) is 11.6 Å². The van der Waals surface area contributed by atoms with Gasteiger partial charge in [0.1, 0.15) is 11.4 Å². The summed E-state index contributed by atoms with van der Waals surface area (Å²) in [5, 5.41) is 0.732. The third kappa shape index (κ3) is 2.02. The lowest BCUT2D eigenvalue weighted by atomic mass is 9.83. The Hall–Kier alpha value is -0.730. The second-order valence-electron chi connectivity index (χ2n) is 6.62. The van der Waals surface area contributed by atoms with Gasteiger partial charge in [0.2, 0.25) is 0 Å². The Morgan fingerprint density at radius 1 is 1.33 bits per heavy atom. The fourth-order valence-corrected chi connectivity index (χ4v) is 3.74. The fourth-order valence-electron chi connectivity index (χ4n) is 3.56. The van der Waals surface area contributed by atoms with E-state index in [2.05, 4.69) is 13.8 Å². The van der Waals surface area contributed by atoms with Crippen LogP contribution in [0.2, 0.25) is 5.02 Å². The molecule has 1 fully saturated rings. The SMILES string of the molecule is CC1(C)CCC2(CC(N)c3cc(Cl)ccc3O2)C1. The number of halogens is 1. The highest BCUT2D eigenvalue weighted by atomic mass is 35.5. The van der Waals surface area contributed by atoms with Crippen LogP contribution in [0.25, 0.3) is 0 Å². The molecule has 0 bridgehead atoms. The minimum atomic E-state index is -0.0518. The van der Waals surface area contributed by atoms with Crippen molar-refractivity contribution in [2.24, 2.45) is 11.1 Å². The number of hydrogen-bond donors (Lipinski definition) is 1. The normalized spacial score (nSPS) is 33.2. The van der Waals surface area contributed by atoms with Crippen molar-refractivity contribution in [2.75, 3.05) is 0 Å². The zero-order valence-corrected chi connectivity index (χ0v) is 11.8. The van der Waals surface area contributed by atoms with Crippen LogP contribution in [0, 0.1) is 5.41 Å². The monoisotopic (exact) mass is 265 g/mol. The molecule has 0 radical (unpaired) electrons. The molecule has 2 aliphatic rings. The van der Waals surface area contributed by atoms with Crippen molar-refractivity contribution in [1.82, 2.24) is 0 Å². The third-order valence-electron chi connectivity index (χ3n) is 4.35. The van der Waals surface area contributed by atoms with E-state index in [0.29, 0.717) is 5.41 Å². The maximum Gasteiger partial charge on any atom is 0.125 e. The molecule has 1 saturated carbocycles. The van der Waals surface area contributed by atoms with E-state index in [1.165, 1.54) is 6.42 Å². The smallest absolute Gasteiger partial charge is 0.125 e. The van der Waals surface area contributed by atoms with Gasteiger partial charge in [-0.3, -0.25) is 0 Å². The summed E-state index contributed by atoms with van der Waals surface area (Å²) in [5.74, 6) is 0.927. The highest BCUT2D eigenvalue weighted by Gasteiger charge is 2.48. The summed E-state index contributed by atoms with van der Waals surface area (Å²) in [7, 11) is 0. The number of ether oxygens (including phenoxy) is 1. The van der Waals surface area contributed by atoms with Crippen LogP contribution in [0.4, 0.5) is 0 Å². The van der Waals surface area contributed by atoms with Crippen LogP contribution < -0.4 is 10.5 Å². The first-order valence-corrected chi connectivity index (χ1v) is 7.01. The Balaban J connectivity index is 1.95. The van der Waals surface area contributed by atoms with Crippen molar-refractivity contribution >= 4 is 11.6 Å². The van der Waals surface area contributed by atoms with Gasteiger partial charge in [-0.05, 0) is 42.9 Å². The second kappa shape index (κ2) is 3.88. The van der Waals surface area contributed by atoms with Gasteiger partial charge < -0.3 is 10.5 Å². The highest BCUT2D eigenvalue weighted by Crippen LogP contribution is 2.52. The van der Waals surface area contributed by atoms with Crippen LogP contribution in [0.5, 0.6) is 5.75 Å². The average Bonchev–Trinajstić information content (AvgIpc) is 2.56. The van der Waals surface area contributed by atoms with Crippen LogP contribution in [0.15, 0.2) is 18.2 Å². The van der Waals surface area contributed by atoms with E-state index < -0.39 is 0 Å². The summed E-state index contributed by atoms with van der Waals surface area (Å²) in [6.45, 7) is 4.63. The van der Waals surface area contributed by atoms with Gasteiger partial charge in [-0.2, -0.15) is 0 Å². The van der Waals surface area contributed by atoms with Gasteiger partial charge in [-0.15, -0.1) is 0 Å². The molecule has 2 unspecified atom stereocenters. The molecule has 1 aromatic carbocycles. The standard InChI is InChI=1S/C15H20ClNO/c1-14(2)5-6-15(9-14)8-12(17)11-7-10(16)3-4-13(11)18-15/h3-4,7,12H,5-6,8-9,17H2,1-2H3. The zero-order valence-electron chi connectivity index (χ0n) is 11.0. The lowest BCUT2D eigenvalue weighted by molar-refractivity contribution is 0.0331. The lowest BCUT2D eigenvalue weighted by Gasteiger charge is -2.39. The van der Waals surface area contributed by atoms with Gasteiger partial charge >= 0.3 is 0 Å². The summed E-state index contributed by atoms with van der Waals surface area (Å²) in [5.41, 5.74) is 7.69. The largest absolute Gasteiger partial charge is 0.487 e. The topological polar surface area (TPSA) is 35.2 Å². The molecule has 18 heavy (non-hydrogen) atoms. The maximum absolute atomic E-state index is 6.32. The van der Waals surface area contributed by atoms with Crippen molar-refractivity contribution in [3.63, 3.8) is 0 Å². The molecule has 0 amide bonds. The molecule has 98 valence electrons. The van der Waals surface area contributed by atoms with Gasteiger partial charge in [-0.25, -0.2) is 0 Å². The van der Waals surface area contributed by atoms with Crippen molar-refractivity contribution in [3.8, 4) is 5.75 Å². The van der Waals surface area contributed by atoms with Gasteiger partial charge in [0.05, 0.1) is 0 Å². The zero-order chi connectivity index (χ0) is 13.0. The minimum absolute atomic E-state index is 0.0429. The summed E-state index contributed by atoms with van der Waals surface area (Å²) in [4.78, 5) is 0. The average molecular weight is 266 g/mol. The van der Waals surface area contributed by atoms with E-state index >= 15 is 0 Å². The van der Waals surface area contributed by atoms with Crippen LogP contribution in [-0.2, 0) is 0 Å². The molecular formula is C15H20ClNO. The summed E-state index contributed by atoms with van der Waals surface area (Å²) in [6, 6.07) is 5.83. The first-order valence-electron chi connectivity index (χ1n) is 6.63. The predicted octanol–water partition coefficient (Wildman–Crippen LogP) is 4.07. The molecule has 1 spiro atoms. The van der Waals surface area contributed by atoms with E-state index in [1.807, 2.05) is 18.2 Å². The second-order valence-corrected chi connectivity index (χ2v) is 7.06. The highest BCUT2D eigenvalue weighted by molar-refractivity contribution is 6.30. The summed E-state index contributed by atoms with van der Waals surface area (Å²) >= 11 is 6.03. The summed E-state index contributed by atoms with van der Waals surface area (Å²) in [6.07, 6.45) is 4.32. The molecule has 2 nitrogen and oxygen atoms in total. The van der Waals surface area contributed by atoms with Crippen LogP contribution >= 0.6 is 11.6 Å². The quantitative estimate of drug-likeness (QED) is 0.767. The van der Waals surface area contributed by atoms with E-state index in [0.717, 1.165) is 35.6 Å². The van der Waals surface area contributed by atoms with Gasteiger partial charge in [0, 0.05) is 23.0 Å². The lowest BCUT2D eigenvalue weighted by Crippen LogP contribution is -2.41. The number of rotatable bonds is 0. The molecule has 1 aromatic rings. The van der Waals surface area contributed by atoms with Gasteiger partial charge in [0.25, 0.3) is 0 Å². The predicted molar refractivity (Wildman–Crippen MR) is 74.0 cm³/mol. The number of hydrogen-bond acceptors (Lipinski definition) is 2. The van der Waals surface area contributed by atoms with E-state index in [4.69, 9.17) is 22.1 Å². The molecular weight excluding hydrogens is 246 g/mol. The molecule has 1 aliphatic heterocycles. The molecule has 3 heteroatoms. The third-order valence-corrected chi connectivity index (χ3v) is 4.58. The van der Waals surface area contributed by atoms with Crippen molar-refractivity contribution < 1.29 is 4.74 Å². The van der Waals surface area contributed by atoms with Crippen LogP contribution in [-0.4, -0.2) is 5.60 Å². The number of fused-ring (bicyclic) bond motifs is 1. The van der Waals surface area contributed by atoms with Crippen LogP contribution in [0.1, 0.15) is 51.1 Å². The van der Waals surface area contributed by atoms with E-state index in [9.17, 15) is 0 Å². The fraction of sp³-hybridized carbons (Fsp3) is 0.600. The Morgan fingerprint density at radius 2 is 2.11 bits per heavy atom. The first-order chi connectivity index (χ1) is 8.39. The van der Waals surface area contributed by atoms with Crippen molar-refractivity contribution in [1.29, 1.82) is 0 Å². The molecule has 0 aromatic heterocycles. The van der Waals surface area contributed by atoms with Crippen molar-refractivity contribution in [2.45, 2.75) is 51.2 Å². The summed E-state index contributed by atoms with van der Waals surface area (Å²) < 4.78 is 6.30. The Bertz CT molecular complexity index is 485. The Morgan fingerprint density at radius 3 is 2.78 bits per heavy atom. The van der Waals surface area contributed by atoms with Gasteiger partial charge in [-0.1, -0.05) is 25.4 Å². The van der Waals surface area contributed by atoms with Gasteiger partial charge in [0.15, 0.2) is 0 Å². The van der Waals surface area contributed by atoms with Crippen LogP contribution in [0.3, 0.4) is 0 Å². The molecule has 1 heterocycles. The van der Waals surface area contributed by atoms with Crippen molar-refractivity contribution in [3.05, 3.63) is 28.8 Å². The Labute approximate surface area is 113 Å². The minimum Gasteiger partial charge on any atom is -0.487 e. The first kappa shape index (κ1) is 12.3. The number of benzene rings is 1. The molecule has 0 saturated heterocycles.